The lowest BCUT2D eigenvalue weighted by Gasteiger charge is -2.21. The predicted molar refractivity (Wildman–Crippen MR) is 79.4 cm³/mol. The second-order valence-corrected chi connectivity index (χ2v) is 4.73. The van der Waals surface area contributed by atoms with Crippen LogP contribution in [0.2, 0.25) is 0 Å². The zero-order valence-corrected chi connectivity index (χ0v) is 13.4. The van der Waals surface area contributed by atoms with Crippen LogP contribution in [0.3, 0.4) is 0 Å². The Kier molecular flexibility index (Phi) is 5.46. The number of ether oxygens (including phenoxy) is 5. The van der Waals surface area contributed by atoms with Crippen molar-refractivity contribution < 1.29 is 38.1 Å². The van der Waals surface area contributed by atoms with Crippen molar-refractivity contribution in [2.24, 2.45) is 0 Å². The number of carbonyl (C=O) groups is 3. The zero-order chi connectivity index (χ0) is 17.7. The summed E-state index contributed by atoms with van der Waals surface area (Å²) in [5.74, 6) is -0.528. The van der Waals surface area contributed by atoms with Gasteiger partial charge in [0.1, 0.15) is 13.2 Å². The van der Waals surface area contributed by atoms with E-state index in [2.05, 4.69) is 4.74 Å². The van der Waals surface area contributed by atoms with Crippen LogP contribution in [-0.4, -0.2) is 51.5 Å². The summed E-state index contributed by atoms with van der Waals surface area (Å²) in [6.07, 6.45) is -2.14. The van der Waals surface area contributed by atoms with Crippen molar-refractivity contribution in [2.45, 2.75) is 13.0 Å². The van der Waals surface area contributed by atoms with Gasteiger partial charge in [0.15, 0.2) is 17.6 Å². The summed E-state index contributed by atoms with van der Waals surface area (Å²) in [4.78, 5) is 34.9. The number of carbonyl (C=O) groups excluding carboxylic acids is 3. The van der Waals surface area contributed by atoms with Crippen molar-refractivity contribution >= 4 is 18.0 Å². The molecule has 130 valence electrons. The van der Waals surface area contributed by atoms with Gasteiger partial charge in [0, 0.05) is 0 Å². The zero-order valence-electron chi connectivity index (χ0n) is 13.4. The molecule has 2 amide bonds. The molecule has 9 heteroatoms. The summed E-state index contributed by atoms with van der Waals surface area (Å²) in [6.45, 7) is 2.04. The van der Waals surface area contributed by atoms with Gasteiger partial charge in [-0.05, 0) is 19.1 Å². The fourth-order valence-electron chi connectivity index (χ4n) is 1.93. The summed E-state index contributed by atoms with van der Waals surface area (Å²) >= 11 is 0. The molecule has 9 nitrogen and oxygen atoms in total. The standard InChI is InChI=1S/C15H17NO8/c1-8(13(17)16-15(19)21-3)24-14(18)9-6-10(20-2)12-11(7-9)22-4-5-23-12/h6-8H,4-5H2,1-3H3,(H,16,17,19)/t8-/m1/s1. The molecule has 1 aromatic carbocycles. The molecule has 0 aliphatic carbocycles. The van der Waals surface area contributed by atoms with Crippen molar-refractivity contribution in [1.82, 2.24) is 5.32 Å². The van der Waals surface area contributed by atoms with Gasteiger partial charge in [-0.1, -0.05) is 0 Å². The Labute approximate surface area is 137 Å². The van der Waals surface area contributed by atoms with Crippen molar-refractivity contribution in [3.8, 4) is 17.2 Å². The largest absolute Gasteiger partial charge is 0.493 e. The molecule has 0 bridgehead atoms. The summed E-state index contributed by atoms with van der Waals surface area (Å²) in [5.41, 5.74) is 0.119. The molecule has 0 saturated heterocycles. The Morgan fingerprint density at radius 2 is 1.88 bits per heavy atom. The Balaban J connectivity index is 2.12. The summed E-state index contributed by atoms with van der Waals surface area (Å²) < 4.78 is 25.3. The third-order valence-electron chi connectivity index (χ3n) is 3.13. The van der Waals surface area contributed by atoms with E-state index in [0.717, 1.165) is 7.11 Å². The van der Waals surface area contributed by atoms with E-state index in [1.54, 1.807) is 0 Å². The number of hydrogen-bond acceptors (Lipinski definition) is 8. The highest BCUT2D eigenvalue weighted by molar-refractivity contribution is 5.97. The summed E-state index contributed by atoms with van der Waals surface area (Å²) in [6, 6.07) is 2.85. The number of fused-ring (bicyclic) bond motifs is 1. The number of hydrogen-bond donors (Lipinski definition) is 1. The lowest BCUT2D eigenvalue weighted by Crippen LogP contribution is -2.39. The van der Waals surface area contributed by atoms with Crippen LogP contribution >= 0.6 is 0 Å². The van der Waals surface area contributed by atoms with Crippen LogP contribution < -0.4 is 19.5 Å². The maximum Gasteiger partial charge on any atom is 0.413 e. The molecular weight excluding hydrogens is 322 g/mol. The van der Waals surface area contributed by atoms with Crippen LogP contribution in [0.5, 0.6) is 17.2 Å². The third kappa shape index (κ3) is 3.86. The fraction of sp³-hybridized carbons (Fsp3) is 0.400. The van der Waals surface area contributed by atoms with Crippen molar-refractivity contribution in [3.05, 3.63) is 17.7 Å². The molecule has 1 atom stereocenters. The maximum absolute atomic E-state index is 12.2. The molecule has 0 radical (unpaired) electrons. The number of rotatable bonds is 4. The van der Waals surface area contributed by atoms with Crippen molar-refractivity contribution in [2.75, 3.05) is 27.4 Å². The highest BCUT2D eigenvalue weighted by atomic mass is 16.6. The van der Waals surface area contributed by atoms with E-state index in [4.69, 9.17) is 18.9 Å². The van der Waals surface area contributed by atoms with Crippen molar-refractivity contribution in [1.29, 1.82) is 0 Å². The fourth-order valence-corrected chi connectivity index (χ4v) is 1.93. The number of amides is 2. The van der Waals surface area contributed by atoms with E-state index >= 15 is 0 Å². The van der Waals surface area contributed by atoms with Gasteiger partial charge in [0.2, 0.25) is 5.75 Å². The quantitative estimate of drug-likeness (QED) is 0.806. The third-order valence-corrected chi connectivity index (χ3v) is 3.13. The van der Waals surface area contributed by atoms with Gasteiger partial charge in [0.25, 0.3) is 5.91 Å². The number of methoxy groups -OCH3 is 2. The smallest absolute Gasteiger partial charge is 0.413 e. The molecule has 2 rings (SSSR count). The topological polar surface area (TPSA) is 109 Å². The van der Waals surface area contributed by atoms with Crippen LogP contribution in [-0.2, 0) is 14.3 Å². The second kappa shape index (κ2) is 7.53. The first kappa shape index (κ1) is 17.4. The second-order valence-electron chi connectivity index (χ2n) is 4.73. The van der Waals surface area contributed by atoms with Gasteiger partial charge in [-0.2, -0.15) is 0 Å². The monoisotopic (exact) mass is 339 g/mol. The number of imide groups is 1. The van der Waals surface area contributed by atoms with Gasteiger partial charge < -0.3 is 23.7 Å². The van der Waals surface area contributed by atoms with E-state index in [1.165, 1.54) is 26.2 Å². The summed E-state index contributed by atoms with van der Waals surface area (Å²) in [7, 11) is 2.54. The molecule has 0 fully saturated rings. The molecule has 24 heavy (non-hydrogen) atoms. The van der Waals surface area contributed by atoms with Crippen molar-refractivity contribution in [3.63, 3.8) is 0 Å². The average molecular weight is 339 g/mol. The highest BCUT2D eigenvalue weighted by Crippen LogP contribution is 2.40. The van der Waals surface area contributed by atoms with Crippen LogP contribution in [0.25, 0.3) is 0 Å². The predicted octanol–water partition coefficient (Wildman–Crippen LogP) is 0.894. The molecule has 1 aliphatic heterocycles. The van der Waals surface area contributed by atoms with Gasteiger partial charge in [-0.25, -0.2) is 9.59 Å². The van der Waals surface area contributed by atoms with E-state index in [1.807, 2.05) is 5.32 Å². The molecule has 0 unspecified atom stereocenters. The van der Waals surface area contributed by atoms with E-state index in [9.17, 15) is 14.4 Å². The maximum atomic E-state index is 12.2. The minimum Gasteiger partial charge on any atom is -0.493 e. The average Bonchev–Trinajstić information content (AvgIpc) is 2.60. The first-order chi connectivity index (χ1) is 11.5. The molecule has 1 aromatic rings. The minimum atomic E-state index is -1.20. The summed E-state index contributed by atoms with van der Waals surface area (Å²) in [5, 5.41) is 1.91. The SMILES string of the molecule is COC(=O)NC(=O)[C@@H](C)OC(=O)c1cc(OC)c2c(c1)OCCO2. The van der Waals surface area contributed by atoms with Gasteiger partial charge in [0.05, 0.1) is 19.8 Å². The van der Waals surface area contributed by atoms with Gasteiger partial charge in [-0.15, -0.1) is 0 Å². The van der Waals surface area contributed by atoms with Gasteiger partial charge >= 0.3 is 12.1 Å². The Bertz CT molecular complexity index is 640. The van der Waals surface area contributed by atoms with E-state index in [-0.39, 0.29) is 5.56 Å². The number of nitrogens with one attached hydrogen (secondary N) is 1. The van der Waals surface area contributed by atoms with Crippen LogP contribution in [0, 0.1) is 0 Å². The number of alkyl carbamates (subject to hydrolysis) is 1. The molecule has 0 saturated carbocycles. The number of esters is 1. The lowest BCUT2D eigenvalue weighted by atomic mass is 10.1. The molecule has 1 N–H and O–H groups in total. The first-order valence-corrected chi connectivity index (χ1v) is 7.03. The Morgan fingerprint density at radius 3 is 2.54 bits per heavy atom. The molecule has 1 aliphatic rings. The molecular formula is C15H17NO8. The Hall–Kier alpha value is -2.97. The normalized spacial score (nSPS) is 13.5. The lowest BCUT2D eigenvalue weighted by molar-refractivity contribution is -0.128. The molecule has 0 aromatic heterocycles. The van der Waals surface area contributed by atoms with Gasteiger partial charge in [-0.3, -0.25) is 10.1 Å². The first-order valence-electron chi connectivity index (χ1n) is 7.03. The highest BCUT2D eigenvalue weighted by Gasteiger charge is 2.25. The molecule has 1 heterocycles. The number of benzene rings is 1. The van der Waals surface area contributed by atoms with Crippen LogP contribution in [0.15, 0.2) is 12.1 Å². The Morgan fingerprint density at radius 1 is 1.17 bits per heavy atom. The van der Waals surface area contributed by atoms with E-state index in [0.29, 0.717) is 30.5 Å². The molecule has 0 spiro atoms. The minimum absolute atomic E-state index is 0.119. The van der Waals surface area contributed by atoms with E-state index < -0.39 is 24.1 Å². The van der Waals surface area contributed by atoms with Crippen LogP contribution in [0.1, 0.15) is 17.3 Å². The van der Waals surface area contributed by atoms with Crippen LogP contribution in [0.4, 0.5) is 4.79 Å².